The molecule has 2 rings (SSSR count). The van der Waals surface area contributed by atoms with Crippen LogP contribution in [0.2, 0.25) is 0 Å². The van der Waals surface area contributed by atoms with Crippen molar-refractivity contribution >= 4 is 17.9 Å². The first-order valence-corrected chi connectivity index (χ1v) is 9.40. The van der Waals surface area contributed by atoms with Crippen LogP contribution in [0.1, 0.15) is 37.7 Å². The maximum absolute atomic E-state index is 12.3. The van der Waals surface area contributed by atoms with Crippen LogP contribution in [0.5, 0.6) is 0 Å². The third-order valence-corrected chi connectivity index (χ3v) is 4.70. The van der Waals surface area contributed by atoms with E-state index in [1.165, 1.54) is 6.08 Å². The van der Waals surface area contributed by atoms with Crippen molar-refractivity contribution < 1.29 is 9.59 Å². The van der Waals surface area contributed by atoms with Gasteiger partial charge in [-0.1, -0.05) is 18.2 Å². The second-order valence-electron chi connectivity index (χ2n) is 6.57. The van der Waals surface area contributed by atoms with E-state index >= 15 is 0 Å². The molecule has 1 N–H and O–H groups in total. The van der Waals surface area contributed by atoms with Gasteiger partial charge in [0, 0.05) is 36.2 Å². The predicted molar refractivity (Wildman–Crippen MR) is 110 cm³/mol. The van der Waals surface area contributed by atoms with Crippen LogP contribution in [-0.4, -0.2) is 40.4 Å². The van der Waals surface area contributed by atoms with Crippen LogP contribution in [0.15, 0.2) is 42.5 Å². The number of nitrogens with zero attached hydrogens (tertiary/aromatic N) is 2. The summed E-state index contributed by atoms with van der Waals surface area (Å²) in [5, 5.41) is 2.75. The average molecular weight is 367 g/mol. The molecule has 1 heterocycles. The molecule has 1 atom stereocenters. The van der Waals surface area contributed by atoms with Gasteiger partial charge >= 0.3 is 0 Å². The van der Waals surface area contributed by atoms with Gasteiger partial charge in [-0.25, -0.2) is 0 Å². The zero-order valence-corrected chi connectivity index (χ0v) is 16.8. The van der Waals surface area contributed by atoms with Crippen LogP contribution in [0.25, 0.3) is 11.8 Å². The summed E-state index contributed by atoms with van der Waals surface area (Å²) in [6, 6.07) is 11.6. The number of hydrogen-bond acceptors (Lipinski definition) is 2. The summed E-state index contributed by atoms with van der Waals surface area (Å²) in [5.41, 5.74) is 4.24. The molecule has 0 aliphatic rings. The van der Waals surface area contributed by atoms with Crippen LogP contribution in [0.3, 0.4) is 0 Å². The van der Waals surface area contributed by atoms with Gasteiger partial charge in [0.05, 0.1) is 0 Å². The SMILES string of the molecule is CCN(CC)C(=O)[C@@H](C)NC(=O)/C=C/c1cc(C)n(-c2ccccc2)c1C. The smallest absolute Gasteiger partial charge is 0.244 e. The number of aromatic nitrogens is 1. The molecular formula is C22H29N3O2. The molecule has 0 aliphatic carbocycles. The molecule has 0 fully saturated rings. The van der Waals surface area contributed by atoms with E-state index in [0.717, 1.165) is 22.6 Å². The van der Waals surface area contributed by atoms with Gasteiger partial charge in [0.15, 0.2) is 0 Å². The van der Waals surface area contributed by atoms with Gasteiger partial charge in [0.1, 0.15) is 6.04 Å². The molecule has 144 valence electrons. The van der Waals surface area contributed by atoms with Crippen molar-refractivity contribution in [1.29, 1.82) is 0 Å². The van der Waals surface area contributed by atoms with E-state index in [0.29, 0.717) is 13.1 Å². The molecule has 0 spiro atoms. The molecule has 0 aliphatic heterocycles. The lowest BCUT2D eigenvalue weighted by Gasteiger charge is -2.23. The average Bonchev–Trinajstić information content (AvgIpc) is 2.95. The number of amides is 2. The Bertz CT molecular complexity index is 818. The van der Waals surface area contributed by atoms with Gasteiger partial charge in [0.25, 0.3) is 0 Å². The van der Waals surface area contributed by atoms with E-state index in [2.05, 4.69) is 28.1 Å². The van der Waals surface area contributed by atoms with Crippen molar-refractivity contribution in [2.75, 3.05) is 13.1 Å². The van der Waals surface area contributed by atoms with E-state index < -0.39 is 6.04 Å². The number of carbonyl (C=O) groups excluding carboxylic acids is 2. The number of carbonyl (C=O) groups is 2. The number of rotatable bonds is 7. The Morgan fingerprint density at radius 3 is 2.37 bits per heavy atom. The number of para-hydroxylation sites is 1. The summed E-state index contributed by atoms with van der Waals surface area (Å²) in [4.78, 5) is 26.2. The molecule has 27 heavy (non-hydrogen) atoms. The van der Waals surface area contributed by atoms with Gasteiger partial charge in [-0.15, -0.1) is 0 Å². The molecule has 2 aromatic rings. The number of likely N-dealkylation sites (N-methyl/N-ethyl adjacent to an activating group) is 1. The molecule has 0 bridgehead atoms. The monoisotopic (exact) mass is 367 g/mol. The van der Waals surface area contributed by atoms with Crippen molar-refractivity contribution in [2.45, 2.75) is 40.7 Å². The quantitative estimate of drug-likeness (QED) is 0.762. The first-order chi connectivity index (χ1) is 12.9. The van der Waals surface area contributed by atoms with Crippen molar-refractivity contribution in [2.24, 2.45) is 0 Å². The first-order valence-electron chi connectivity index (χ1n) is 9.40. The topological polar surface area (TPSA) is 54.3 Å². The first kappa shape index (κ1) is 20.5. The highest BCUT2D eigenvalue weighted by atomic mass is 16.2. The van der Waals surface area contributed by atoms with Crippen LogP contribution >= 0.6 is 0 Å². The van der Waals surface area contributed by atoms with Crippen molar-refractivity contribution in [3.63, 3.8) is 0 Å². The lowest BCUT2D eigenvalue weighted by molar-refractivity contribution is -0.134. The lowest BCUT2D eigenvalue weighted by atomic mass is 10.2. The molecule has 0 saturated heterocycles. The fourth-order valence-electron chi connectivity index (χ4n) is 3.23. The standard InChI is InChI=1S/C22H29N3O2/c1-6-24(7-2)22(27)17(4)23-21(26)14-13-19-15-16(3)25(18(19)5)20-11-9-8-10-12-20/h8-15,17H,6-7H2,1-5H3,(H,23,26)/b14-13+/t17-/m1/s1. The number of nitrogens with one attached hydrogen (secondary N) is 1. The summed E-state index contributed by atoms with van der Waals surface area (Å²) in [7, 11) is 0. The van der Waals surface area contributed by atoms with E-state index in [9.17, 15) is 9.59 Å². The van der Waals surface area contributed by atoms with E-state index in [4.69, 9.17) is 0 Å². The largest absolute Gasteiger partial charge is 0.341 e. The number of benzene rings is 1. The van der Waals surface area contributed by atoms with Crippen LogP contribution in [-0.2, 0) is 9.59 Å². The van der Waals surface area contributed by atoms with E-state index in [1.54, 1.807) is 17.9 Å². The Morgan fingerprint density at radius 1 is 1.15 bits per heavy atom. The van der Waals surface area contributed by atoms with Gasteiger partial charge in [-0.2, -0.15) is 0 Å². The summed E-state index contributed by atoms with van der Waals surface area (Å²) in [5.74, 6) is -0.337. The fourth-order valence-corrected chi connectivity index (χ4v) is 3.23. The molecule has 1 aromatic heterocycles. The zero-order valence-electron chi connectivity index (χ0n) is 16.8. The minimum atomic E-state index is -0.543. The van der Waals surface area contributed by atoms with Crippen LogP contribution in [0.4, 0.5) is 0 Å². The molecular weight excluding hydrogens is 338 g/mol. The Morgan fingerprint density at radius 2 is 1.78 bits per heavy atom. The van der Waals surface area contributed by atoms with E-state index in [1.807, 2.05) is 45.9 Å². The Balaban J connectivity index is 2.10. The van der Waals surface area contributed by atoms with Crippen LogP contribution < -0.4 is 5.32 Å². The highest BCUT2D eigenvalue weighted by Gasteiger charge is 2.19. The minimum absolute atomic E-state index is 0.0657. The summed E-state index contributed by atoms with van der Waals surface area (Å²) >= 11 is 0. The highest BCUT2D eigenvalue weighted by molar-refractivity contribution is 5.95. The zero-order chi connectivity index (χ0) is 20.0. The Labute approximate surface area is 161 Å². The van der Waals surface area contributed by atoms with Gasteiger partial charge < -0.3 is 14.8 Å². The van der Waals surface area contributed by atoms with Crippen LogP contribution in [0, 0.1) is 13.8 Å². The molecule has 5 heteroatoms. The predicted octanol–water partition coefficient (Wildman–Crippen LogP) is 3.48. The lowest BCUT2D eigenvalue weighted by Crippen LogP contribution is -2.46. The second-order valence-corrected chi connectivity index (χ2v) is 6.57. The summed E-state index contributed by atoms with van der Waals surface area (Å²) in [6.45, 7) is 10.9. The number of aryl methyl sites for hydroxylation is 1. The van der Waals surface area contributed by atoms with Gasteiger partial charge in [-0.3, -0.25) is 9.59 Å². The van der Waals surface area contributed by atoms with Crippen molar-refractivity contribution in [3.05, 3.63) is 59.4 Å². The molecule has 2 amide bonds. The number of hydrogen-bond donors (Lipinski definition) is 1. The summed E-state index contributed by atoms with van der Waals surface area (Å²) < 4.78 is 2.16. The minimum Gasteiger partial charge on any atom is -0.341 e. The Hall–Kier alpha value is -2.82. The molecule has 0 radical (unpaired) electrons. The molecule has 1 aromatic carbocycles. The molecule has 0 saturated carbocycles. The molecule has 5 nitrogen and oxygen atoms in total. The highest BCUT2D eigenvalue weighted by Crippen LogP contribution is 2.21. The maximum atomic E-state index is 12.3. The normalized spacial score (nSPS) is 12.2. The van der Waals surface area contributed by atoms with E-state index in [-0.39, 0.29) is 11.8 Å². The third kappa shape index (κ3) is 4.88. The third-order valence-electron chi connectivity index (χ3n) is 4.70. The molecule has 0 unspecified atom stereocenters. The maximum Gasteiger partial charge on any atom is 0.244 e. The van der Waals surface area contributed by atoms with Crippen molar-refractivity contribution in [1.82, 2.24) is 14.8 Å². The Kier molecular flexibility index (Phi) is 6.99. The van der Waals surface area contributed by atoms with Gasteiger partial charge in [-0.05, 0) is 64.5 Å². The second kappa shape index (κ2) is 9.21. The van der Waals surface area contributed by atoms with Crippen molar-refractivity contribution in [3.8, 4) is 5.69 Å². The van der Waals surface area contributed by atoms with Gasteiger partial charge in [0.2, 0.25) is 11.8 Å². The fraction of sp³-hybridized carbons (Fsp3) is 0.364. The summed E-state index contributed by atoms with van der Waals surface area (Å²) in [6.07, 6.45) is 3.29.